The van der Waals surface area contributed by atoms with Crippen molar-refractivity contribution >= 4 is 34.4 Å². The van der Waals surface area contributed by atoms with E-state index in [-0.39, 0.29) is 6.42 Å². The normalized spacial score (nSPS) is 17.3. The molecule has 0 radical (unpaired) electrons. The van der Waals surface area contributed by atoms with Gasteiger partial charge in [0, 0.05) is 22.6 Å². The number of aliphatic hydroxyl groups is 2. The number of para-hydroxylation sites is 1. The second kappa shape index (κ2) is 11.3. The Balaban J connectivity index is 1.53. The molecule has 1 aliphatic carbocycles. The molecule has 0 aliphatic heterocycles. The number of halogens is 1. The van der Waals surface area contributed by atoms with E-state index >= 15 is 0 Å². The molecule has 0 fully saturated rings. The average Bonchev–Trinajstić information content (AvgIpc) is 3.21. The Morgan fingerprint density at radius 3 is 2.50 bits per heavy atom. The number of anilines is 1. The predicted molar refractivity (Wildman–Crippen MR) is 136 cm³/mol. The van der Waals surface area contributed by atoms with E-state index in [1.807, 2.05) is 0 Å². The first-order valence-electron chi connectivity index (χ1n) is 12.3. The molecule has 2 amide bonds. The second-order valence-corrected chi connectivity index (χ2v) is 9.21. The van der Waals surface area contributed by atoms with Crippen molar-refractivity contribution in [1.29, 1.82) is 0 Å². The molecule has 0 bridgehead atoms. The number of hydrogen-bond donors (Lipinski definition) is 4. The number of nitrogens with zero attached hydrogens (tertiary/aromatic N) is 2. The highest BCUT2D eigenvalue weighted by molar-refractivity contribution is 5.99. The number of carboxylic acids is 1. The highest BCUT2D eigenvalue weighted by Crippen LogP contribution is 2.36. The summed E-state index contributed by atoms with van der Waals surface area (Å²) >= 11 is 0. The highest BCUT2D eigenvalue weighted by Gasteiger charge is 2.37. The molecule has 10 nitrogen and oxygen atoms in total. The number of rotatable bonds is 9. The van der Waals surface area contributed by atoms with E-state index in [0.717, 1.165) is 16.3 Å². The quantitative estimate of drug-likeness (QED) is 0.312. The van der Waals surface area contributed by atoms with Gasteiger partial charge in [-0.2, -0.15) is 5.06 Å². The number of carbonyl (C=O) groups is 3. The third-order valence-corrected chi connectivity index (χ3v) is 6.89. The number of benzene rings is 2. The number of nitrogens with one attached hydrogen (secondary N) is 1. The molecule has 1 aromatic heterocycles. The van der Waals surface area contributed by atoms with Crippen LogP contribution >= 0.6 is 0 Å². The van der Waals surface area contributed by atoms with Crippen LogP contribution in [0.1, 0.15) is 37.1 Å². The van der Waals surface area contributed by atoms with Crippen LogP contribution in [0, 0.1) is 5.82 Å². The summed E-state index contributed by atoms with van der Waals surface area (Å²) in [5.74, 6) is -3.43. The smallest absolute Gasteiger partial charge is 0.326 e. The number of hydroxylamine groups is 1. The van der Waals surface area contributed by atoms with Gasteiger partial charge in [0.25, 0.3) is 11.8 Å². The minimum absolute atomic E-state index is 0.259. The number of carboxylic acid groups (broad SMARTS) is 1. The fourth-order valence-electron chi connectivity index (χ4n) is 5.08. The van der Waals surface area contributed by atoms with Gasteiger partial charge in [-0.15, -0.1) is 0 Å². The molecule has 4 rings (SSSR count). The van der Waals surface area contributed by atoms with Crippen LogP contribution in [0.3, 0.4) is 0 Å². The maximum absolute atomic E-state index is 14.1. The van der Waals surface area contributed by atoms with Crippen LogP contribution in [0.2, 0.25) is 0 Å². The summed E-state index contributed by atoms with van der Waals surface area (Å²) < 4.78 is 15.9. The third-order valence-electron chi connectivity index (χ3n) is 6.89. The molecule has 0 spiro atoms. The second-order valence-electron chi connectivity index (χ2n) is 9.21. The van der Waals surface area contributed by atoms with Crippen LogP contribution < -0.4 is 10.4 Å². The van der Waals surface area contributed by atoms with Gasteiger partial charge in [0.1, 0.15) is 11.9 Å². The van der Waals surface area contributed by atoms with Gasteiger partial charge >= 0.3 is 5.97 Å². The molecule has 38 heavy (non-hydrogen) atoms. The number of amides is 2. The van der Waals surface area contributed by atoms with E-state index in [2.05, 4.69) is 5.32 Å². The maximum Gasteiger partial charge on any atom is 0.326 e. The van der Waals surface area contributed by atoms with Crippen LogP contribution in [-0.4, -0.2) is 63.0 Å². The Morgan fingerprint density at radius 2 is 1.87 bits per heavy atom. The molecule has 11 heteroatoms. The van der Waals surface area contributed by atoms with E-state index in [4.69, 9.17) is 4.84 Å². The lowest BCUT2D eigenvalue weighted by molar-refractivity contribution is -0.148. The van der Waals surface area contributed by atoms with Crippen molar-refractivity contribution in [1.82, 2.24) is 9.88 Å². The Hall–Kier alpha value is -3.80. The van der Waals surface area contributed by atoms with Gasteiger partial charge in [0.15, 0.2) is 12.2 Å². The number of aliphatic hydroxyl groups excluding tert-OH is 2. The van der Waals surface area contributed by atoms with Gasteiger partial charge in [-0.3, -0.25) is 14.4 Å². The summed E-state index contributed by atoms with van der Waals surface area (Å²) in [6, 6.07) is 11.0. The largest absolute Gasteiger partial charge is 0.480 e. The van der Waals surface area contributed by atoms with Gasteiger partial charge in [-0.25, -0.2) is 9.18 Å². The molecule has 4 N–H and O–H groups in total. The average molecular weight is 528 g/mol. The molecule has 2 unspecified atom stereocenters. The summed E-state index contributed by atoms with van der Waals surface area (Å²) in [5, 5.41) is 34.7. The van der Waals surface area contributed by atoms with Crippen molar-refractivity contribution in [2.24, 2.45) is 0 Å². The molecule has 1 heterocycles. The zero-order valence-corrected chi connectivity index (χ0v) is 21.0. The van der Waals surface area contributed by atoms with Crippen LogP contribution in [-0.2, 0) is 32.1 Å². The molecule has 1 aliphatic rings. The van der Waals surface area contributed by atoms with Crippen LogP contribution in [0.15, 0.2) is 48.5 Å². The van der Waals surface area contributed by atoms with Crippen molar-refractivity contribution in [3.05, 3.63) is 65.6 Å². The predicted octanol–water partition coefficient (Wildman–Crippen LogP) is 2.11. The number of fused-ring (bicyclic) bond motifs is 3. The number of carbonyl (C=O) groups excluding carboxylic acids is 2. The fraction of sp³-hybridized carbons (Fsp3) is 0.370. The highest BCUT2D eigenvalue weighted by atomic mass is 19.1. The molecule has 0 saturated carbocycles. The first kappa shape index (κ1) is 27.2. The topological polar surface area (TPSA) is 141 Å². The standard InChI is InChI=1S/C27H30FN3O7/c1-3-20(27(36)37)30-21-11-9-15(28)13-18(21)19-14-16(10-12-22(19)30)29-25(34)23(32)24(33)26(35)31(38-2)17-7-5-4-6-8-17/h4-9,11,13,16,20,23-24,32-33H,3,10,12,14H2,1-2H3,(H,29,34)(H,36,37)/t16?,20?,23-,24-/m1/s1. The lowest BCUT2D eigenvalue weighted by atomic mass is 9.91. The Bertz CT molecular complexity index is 1340. The lowest BCUT2D eigenvalue weighted by Crippen LogP contribution is -2.53. The van der Waals surface area contributed by atoms with E-state index in [1.165, 1.54) is 19.2 Å². The van der Waals surface area contributed by atoms with E-state index < -0.39 is 47.9 Å². The van der Waals surface area contributed by atoms with Crippen molar-refractivity contribution in [2.45, 2.75) is 56.9 Å². The summed E-state index contributed by atoms with van der Waals surface area (Å²) in [6.45, 7) is 1.77. The number of hydrogen-bond acceptors (Lipinski definition) is 6. The monoisotopic (exact) mass is 527 g/mol. The van der Waals surface area contributed by atoms with E-state index in [0.29, 0.717) is 35.9 Å². The van der Waals surface area contributed by atoms with E-state index in [9.17, 15) is 34.1 Å². The van der Waals surface area contributed by atoms with Gasteiger partial charge in [-0.1, -0.05) is 25.1 Å². The molecule has 202 valence electrons. The summed E-state index contributed by atoms with van der Waals surface area (Å²) in [5.41, 5.74) is 2.39. The first-order chi connectivity index (χ1) is 18.2. The first-order valence-corrected chi connectivity index (χ1v) is 12.3. The Kier molecular flexibility index (Phi) is 8.10. The van der Waals surface area contributed by atoms with Crippen molar-refractivity contribution in [3.8, 4) is 0 Å². The Morgan fingerprint density at radius 1 is 1.16 bits per heavy atom. The van der Waals surface area contributed by atoms with Crippen LogP contribution in [0.25, 0.3) is 10.9 Å². The molecular weight excluding hydrogens is 497 g/mol. The minimum Gasteiger partial charge on any atom is -0.480 e. The van der Waals surface area contributed by atoms with Crippen molar-refractivity contribution in [3.63, 3.8) is 0 Å². The summed E-state index contributed by atoms with van der Waals surface area (Å²) in [6.07, 6.45) is -2.74. The lowest BCUT2D eigenvalue weighted by Gasteiger charge is -2.28. The number of aliphatic carboxylic acids is 1. The van der Waals surface area contributed by atoms with Crippen molar-refractivity contribution in [2.75, 3.05) is 12.2 Å². The van der Waals surface area contributed by atoms with Gasteiger partial charge in [0.2, 0.25) is 0 Å². The van der Waals surface area contributed by atoms with Gasteiger partial charge in [0.05, 0.1) is 12.8 Å². The molecule has 0 saturated heterocycles. The van der Waals surface area contributed by atoms with E-state index in [1.54, 1.807) is 47.9 Å². The molecule has 3 aromatic rings. The fourth-order valence-corrected chi connectivity index (χ4v) is 5.08. The minimum atomic E-state index is -2.09. The third kappa shape index (κ3) is 5.13. The van der Waals surface area contributed by atoms with Crippen molar-refractivity contribution < 1.29 is 38.9 Å². The molecular formula is C27H30FN3O7. The van der Waals surface area contributed by atoms with Crippen LogP contribution in [0.5, 0.6) is 0 Å². The zero-order chi connectivity index (χ0) is 27.6. The molecule has 2 aromatic carbocycles. The SMILES string of the molecule is CCC(C(=O)O)n1c2c(c3cc(F)ccc31)CC(NC(=O)[C@H](O)[C@@H](O)C(=O)N(OC)c1ccccc1)CC2. The summed E-state index contributed by atoms with van der Waals surface area (Å²) in [7, 11) is 1.22. The Labute approximate surface area is 218 Å². The number of aromatic nitrogens is 1. The van der Waals surface area contributed by atoms with Gasteiger partial charge in [-0.05, 0) is 61.6 Å². The van der Waals surface area contributed by atoms with Crippen LogP contribution in [0.4, 0.5) is 10.1 Å². The summed E-state index contributed by atoms with van der Waals surface area (Å²) in [4.78, 5) is 42.5. The van der Waals surface area contributed by atoms with Gasteiger partial charge < -0.3 is 25.2 Å². The molecule has 4 atom stereocenters. The zero-order valence-electron chi connectivity index (χ0n) is 21.0. The maximum atomic E-state index is 14.1.